The highest BCUT2D eigenvalue weighted by Crippen LogP contribution is 2.41. The predicted octanol–water partition coefficient (Wildman–Crippen LogP) is 5.13. The van der Waals surface area contributed by atoms with Crippen LogP contribution in [0.15, 0.2) is 55.1 Å². The van der Waals surface area contributed by atoms with Crippen LogP contribution in [0.3, 0.4) is 0 Å². The lowest BCUT2D eigenvalue weighted by Gasteiger charge is -2.42. The van der Waals surface area contributed by atoms with Crippen LogP contribution < -0.4 is 4.90 Å². The van der Waals surface area contributed by atoms with Crippen LogP contribution in [0.2, 0.25) is 0 Å². The SMILES string of the molecule is CCC(CC)N1CCC2(CCN(CCCn3ccnc3N(C)Cc3nccn3Cc3ccccc3)C2)CC1. The average molecular weight is 518 g/mol. The normalized spacial score (nSPS) is 18.1. The minimum atomic E-state index is 0.574. The summed E-state index contributed by atoms with van der Waals surface area (Å²) in [4.78, 5) is 17.1. The minimum Gasteiger partial charge on any atom is -0.338 e. The van der Waals surface area contributed by atoms with Crippen molar-refractivity contribution in [3.63, 3.8) is 0 Å². The van der Waals surface area contributed by atoms with Gasteiger partial charge in [0.15, 0.2) is 0 Å². The first kappa shape index (κ1) is 26.9. The van der Waals surface area contributed by atoms with Crippen LogP contribution in [0, 0.1) is 5.41 Å². The van der Waals surface area contributed by atoms with E-state index in [0.29, 0.717) is 5.41 Å². The molecule has 1 aromatic carbocycles. The summed E-state index contributed by atoms with van der Waals surface area (Å²) in [6, 6.07) is 11.4. The van der Waals surface area contributed by atoms with Crippen molar-refractivity contribution < 1.29 is 0 Å². The van der Waals surface area contributed by atoms with E-state index in [4.69, 9.17) is 4.98 Å². The van der Waals surface area contributed by atoms with E-state index in [2.05, 4.69) is 92.4 Å². The van der Waals surface area contributed by atoms with Gasteiger partial charge in [0.1, 0.15) is 5.82 Å². The summed E-state index contributed by atoms with van der Waals surface area (Å²) in [6.45, 7) is 13.6. The average Bonchev–Trinajstić information content (AvgIpc) is 3.68. The third kappa shape index (κ3) is 6.32. The topological polar surface area (TPSA) is 45.4 Å². The number of imidazole rings is 2. The number of benzene rings is 1. The van der Waals surface area contributed by atoms with E-state index in [9.17, 15) is 0 Å². The fourth-order valence-electron chi connectivity index (χ4n) is 6.77. The fourth-order valence-corrected chi connectivity index (χ4v) is 6.77. The van der Waals surface area contributed by atoms with Gasteiger partial charge < -0.3 is 23.8 Å². The smallest absolute Gasteiger partial charge is 0.205 e. The third-order valence-electron chi connectivity index (χ3n) is 9.12. The fraction of sp³-hybridized carbons (Fsp3) is 0.613. The molecule has 0 bridgehead atoms. The van der Waals surface area contributed by atoms with Crippen molar-refractivity contribution in [1.29, 1.82) is 0 Å². The van der Waals surface area contributed by atoms with E-state index in [1.807, 2.05) is 12.4 Å². The van der Waals surface area contributed by atoms with Gasteiger partial charge >= 0.3 is 0 Å². The molecule has 7 nitrogen and oxygen atoms in total. The molecule has 0 radical (unpaired) electrons. The number of hydrogen-bond acceptors (Lipinski definition) is 5. The van der Waals surface area contributed by atoms with Crippen molar-refractivity contribution in [3.05, 3.63) is 66.5 Å². The summed E-state index contributed by atoms with van der Waals surface area (Å²) in [5, 5.41) is 0. The van der Waals surface area contributed by atoms with Crippen molar-refractivity contribution in [2.75, 3.05) is 44.7 Å². The summed E-state index contributed by atoms with van der Waals surface area (Å²) in [6.07, 6.45) is 15.9. The van der Waals surface area contributed by atoms with Gasteiger partial charge in [-0.25, -0.2) is 9.97 Å². The van der Waals surface area contributed by atoms with E-state index in [-0.39, 0.29) is 0 Å². The largest absolute Gasteiger partial charge is 0.338 e. The van der Waals surface area contributed by atoms with Crippen molar-refractivity contribution in [2.45, 2.75) is 78.0 Å². The zero-order valence-electron chi connectivity index (χ0n) is 23.8. The standard InChI is InChI=1S/C31H47N7/c1-4-28(5-2)36-20-13-31(14-21-36)12-19-35(26-31)17-9-18-37-22-16-33-30(37)34(3)25-29-32-15-23-38(29)24-27-10-7-6-8-11-27/h6-8,10-11,15-16,22-23,28H,4-5,9,12-14,17-21,24-26H2,1-3H3. The van der Waals surface area contributed by atoms with Crippen molar-refractivity contribution in [1.82, 2.24) is 28.9 Å². The Morgan fingerprint density at radius 1 is 0.895 bits per heavy atom. The second-order valence-electron chi connectivity index (χ2n) is 11.6. The molecule has 2 saturated heterocycles. The molecule has 0 amide bonds. The molecule has 5 rings (SSSR count). The first-order valence-electron chi connectivity index (χ1n) is 14.8. The molecular formula is C31H47N7. The Balaban J connectivity index is 1.09. The van der Waals surface area contributed by atoms with Crippen LogP contribution in [0.1, 0.15) is 63.8 Å². The number of aryl methyl sites for hydroxylation is 1. The second kappa shape index (κ2) is 12.5. The van der Waals surface area contributed by atoms with Crippen molar-refractivity contribution in [2.24, 2.45) is 5.41 Å². The number of likely N-dealkylation sites (tertiary alicyclic amines) is 2. The first-order valence-corrected chi connectivity index (χ1v) is 14.8. The van der Waals surface area contributed by atoms with Crippen LogP contribution in [0.4, 0.5) is 5.95 Å². The molecule has 38 heavy (non-hydrogen) atoms. The number of aromatic nitrogens is 4. The molecule has 4 heterocycles. The highest BCUT2D eigenvalue weighted by atomic mass is 15.3. The number of piperidine rings is 1. The second-order valence-corrected chi connectivity index (χ2v) is 11.6. The predicted molar refractivity (Wildman–Crippen MR) is 155 cm³/mol. The molecule has 2 aliphatic rings. The molecule has 0 N–H and O–H groups in total. The van der Waals surface area contributed by atoms with E-state index < -0.39 is 0 Å². The lowest BCUT2D eigenvalue weighted by atomic mass is 9.77. The van der Waals surface area contributed by atoms with Gasteiger partial charge in [-0.3, -0.25) is 0 Å². The molecule has 0 aliphatic carbocycles. The zero-order chi connectivity index (χ0) is 26.4. The van der Waals surface area contributed by atoms with Gasteiger partial charge in [0.25, 0.3) is 0 Å². The third-order valence-corrected chi connectivity index (χ3v) is 9.12. The maximum absolute atomic E-state index is 4.70. The maximum Gasteiger partial charge on any atom is 0.205 e. The Morgan fingerprint density at radius 2 is 1.61 bits per heavy atom. The quantitative estimate of drug-likeness (QED) is 0.333. The molecule has 3 aromatic rings. The van der Waals surface area contributed by atoms with Crippen molar-refractivity contribution >= 4 is 5.95 Å². The Kier molecular flexibility index (Phi) is 8.85. The van der Waals surface area contributed by atoms with Crippen LogP contribution in [0.25, 0.3) is 0 Å². The van der Waals surface area contributed by atoms with Gasteiger partial charge in [-0.05, 0) is 75.7 Å². The van der Waals surface area contributed by atoms with Crippen LogP contribution >= 0.6 is 0 Å². The van der Waals surface area contributed by atoms with Crippen LogP contribution in [-0.2, 0) is 19.6 Å². The van der Waals surface area contributed by atoms with E-state index in [1.54, 1.807) is 0 Å². The Labute approximate surface area is 229 Å². The van der Waals surface area contributed by atoms with E-state index in [1.165, 1.54) is 70.4 Å². The summed E-state index contributed by atoms with van der Waals surface area (Å²) < 4.78 is 4.54. The lowest BCUT2D eigenvalue weighted by Crippen LogP contribution is -2.45. The molecule has 0 atom stereocenters. The summed E-state index contributed by atoms with van der Waals surface area (Å²) in [5.41, 5.74) is 1.86. The Hall–Kier alpha value is -2.64. The number of rotatable bonds is 12. The summed E-state index contributed by atoms with van der Waals surface area (Å²) in [5.74, 6) is 2.08. The molecule has 206 valence electrons. The molecule has 2 aromatic heterocycles. The van der Waals surface area contributed by atoms with Crippen LogP contribution in [0.5, 0.6) is 0 Å². The van der Waals surface area contributed by atoms with Crippen LogP contribution in [-0.4, -0.2) is 74.7 Å². The maximum atomic E-state index is 4.70. The molecule has 2 aliphatic heterocycles. The highest BCUT2D eigenvalue weighted by Gasteiger charge is 2.40. The Bertz CT molecular complexity index is 1110. The molecule has 7 heteroatoms. The molecule has 0 saturated carbocycles. The van der Waals surface area contributed by atoms with Gasteiger partial charge in [-0.2, -0.15) is 0 Å². The highest BCUT2D eigenvalue weighted by molar-refractivity contribution is 5.30. The Morgan fingerprint density at radius 3 is 2.37 bits per heavy atom. The minimum absolute atomic E-state index is 0.574. The van der Waals surface area contributed by atoms with E-state index >= 15 is 0 Å². The molecule has 1 spiro atoms. The number of anilines is 1. The number of nitrogens with zero attached hydrogens (tertiary/aromatic N) is 7. The monoisotopic (exact) mass is 517 g/mol. The van der Waals surface area contributed by atoms with E-state index in [0.717, 1.165) is 43.9 Å². The zero-order valence-corrected chi connectivity index (χ0v) is 23.8. The lowest BCUT2D eigenvalue weighted by molar-refractivity contribution is 0.0728. The molecule has 0 unspecified atom stereocenters. The van der Waals surface area contributed by atoms with Gasteiger partial charge in [-0.15, -0.1) is 0 Å². The van der Waals surface area contributed by atoms with Gasteiger partial charge in [0.05, 0.1) is 6.54 Å². The molecule has 2 fully saturated rings. The first-order chi connectivity index (χ1) is 18.6. The van der Waals surface area contributed by atoms with Gasteiger partial charge in [0, 0.05) is 57.5 Å². The molecular weight excluding hydrogens is 470 g/mol. The summed E-state index contributed by atoms with van der Waals surface area (Å²) in [7, 11) is 2.12. The van der Waals surface area contributed by atoms with Gasteiger partial charge in [0.2, 0.25) is 5.95 Å². The van der Waals surface area contributed by atoms with Gasteiger partial charge in [-0.1, -0.05) is 44.2 Å². The van der Waals surface area contributed by atoms with Crippen molar-refractivity contribution in [3.8, 4) is 0 Å². The summed E-state index contributed by atoms with van der Waals surface area (Å²) >= 11 is 0. The number of hydrogen-bond donors (Lipinski definition) is 0.